The molecule has 1 unspecified atom stereocenters. The predicted octanol–water partition coefficient (Wildman–Crippen LogP) is 2.39. The van der Waals surface area contributed by atoms with Crippen molar-refractivity contribution in [1.29, 1.82) is 0 Å². The van der Waals surface area contributed by atoms with Gasteiger partial charge in [-0.15, -0.1) is 0 Å². The maximum absolute atomic E-state index is 8.57. The third-order valence-corrected chi connectivity index (χ3v) is 2.81. The quantitative estimate of drug-likeness (QED) is 0.703. The van der Waals surface area contributed by atoms with E-state index in [0.29, 0.717) is 19.3 Å². The van der Waals surface area contributed by atoms with Crippen LogP contribution in [0.15, 0.2) is 24.3 Å². The molecule has 0 fully saturated rings. The normalized spacial score (nSPS) is 12.6. The van der Waals surface area contributed by atoms with Crippen LogP contribution in [0.25, 0.3) is 0 Å². The molecule has 0 aliphatic heterocycles. The summed E-state index contributed by atoms with van der Waals surface area (Å²) in [6, 6.07) is 8.22. The highest BCUT2D eigenvalue weighted by molar-refractivity contribution is 6.30. The molecule has 1 aromatic carbocycles. The lowest BCUT2D eigenvalue weighted by Crippen LogP contribution is -2.25. The van der Waals surface area contributed by atoms with Gasteiger partial charge in [0, 0.05) is 17.6 Å². The lowest BCUT2D eigenvalue weighted by atomic mass is 10.0. The van der Waals surface area contributed by atoms with Gasteiger partial charge < -0.3 is 15.2 Å². The molecule has 1 aromatic rings. The van der Waals surface area contributed by atoms with Gasteiger partial charge in [0.1, 0.15) is 0 Å². The topological polar surface area (TPSA) is 41.5 Å². The number of ether oxygens (including phenoxy) is 1. The number of nitrogens with one attached hydrogen (secondary N) is 1. The molecular weight excluding hydrogens is 238 g/mol. The zero-order valence-corrected chi connectivity index (χ0v) is 10.9. The van der Waals surface area contributed by atoms with Gasteiger partial charge in [0.15, 0.2) is 0 Å². The molecule has 3 nitrogen and oxygen atoms in total. The average Bonchev–Trinajstić information content (AvgIpc) is 2.35. The van der Waals surface area contributed by atoms with E-state index in [9.17, 15) is 0 Å². The van der Waals surface area contributed by atoms with E-state index in [1.54, 1.807) is 0 Å². The number of halogens is 1. The summed E-state index contributed by atoms with van der Waals surface area (Å²) in [6.45, 7) is 4.01. The molecule has 17 heavy (non-hydrogen) atoms. The Kier molecular flexibility index (Phi) is 7.21. The SMILES string of the molecule is CCC(NCCOCCO)c1ccc(Cl)cc1. The minimum Gasteiger partial charge on any atom is -0.394 e. The summed E-state index contributed by atoms with van der Waals surface area (Å²) in [5.41, 5.74) is 1.24. The van der Waals surface area contributed by atoms with Crippen LogP contribution in [-0.2, 0) is 4.74 Å². The Hall–Kier alpha value is -0.610. The van der Waals surface area contributed by atoms with Crippen molar-refractivity contribution in [3.8, 4) is 0 Å². The fraction of sp³-hybridized carbons (Fsp3) is 0.538. The van der Waals surface area contributed by atoms with Crippen molar-refractivity contribution in [2.75, 3.05) is 26.4 Å². The van der Waals surface area contributed by atoms with Crippen LogP contribution in [0.3, 0.4) is 0 Å². The van der Waals surface area contributed by atoms with Gasteiger partial charge in [0.2, 0.25) is 0 Å². The molecule has 0 heterocycles. The van der Waals surface area contributed by atoms with Crippen LogP contribution < -0.4 is 5.32 Å². The van der Waals surface area contributed by atoms with Gasteiger partial charge in [-0.05, 0) is 24.1 Å². The Morgan fingerprint density at radius 1 is 1.29 bits per heavy atom. The molecule has 0 radical (unpaired) electrons. The molecule has 0 aliphatic rings. The van der Waals surface area contributed by atoms with Gasteiger partial charge in [-0.3, -0.25) is 0 Å². The number of benzene rings is 1. The maximum Gasteiger partial charge on any atom is 0.0698 e. The number of aliphatic hydroxyl groups is 1. The molecule has 0 amide bonds. The first-order chi connectivity index (χ1) is 8.27. The number of aliphatic hydroxyl groups excluding tert-OH is 1. The lowest BCUT2D eigenvalue weighted by Gasteiger charge is -2.17. The van der Waals surface area contributed by atoms with E-state index in [0.717, 1.165) is 18.0 Å². The van der Waals surface area contributed by atoms with Gasteiger partial charge in [-0.2, -0.15) is 0 Å². The maximum atomic E-state index is 8.57. The zero-order valence-electron chi connectivity index (χ0n) is 10.2. The molecule has 96 valence electrons. The van der Waals surface area contributed by atoms with Crippen molar-refractivity contribution in [2.45, 2.75) is 19.4 Å². The van der Waals surface area contributed by atoms with Gasteiger partial charge >= 0.3 is 0 Å². The van der Waals surface area contributed by atoms with Crippen molar-refractivity contribution in [3.63, 3.8) is 0 Å². The fourth-order valence-corrected chi connectivity index (χ4v) is 1.79. The molecule has 0 aliphatic carbocycles. The molecule has 0 saturated heterocycles. The summed E-state index contributed by atoms with van der Waals surface area (Å²) >= 11 is 5.86. The van der Waals surface area contributed by atoms with Gasteiger partial charge in [-0.25, -0.2) is 0 Å². The van der Waals surface area contributed by atoms with Crippen LogP contribution in [0.2, 0.25) is 5.02 Å². The van der Waals surface area contributed by atoms with Crippen LogP contribution in [0.4, 0.5) is 0 Å². The van der Waals surface area contributed by atoms with Crippen LogP contribution in [0.1, 0.15) is 24.9 Å². The Labute approximate surface area is 108 Å². The van der Waals surface area contributed by atoms with Gasteiger partial charge in [-0.1, -0.05) is 30.7 Å². The van der Waals surface area contributed by atoms with Crippen molar-refractivity contribution < 1.29 is 9.84 Å². The van der Waals surface area contributed by atoms with Gasteiger partial charge in [0.05, 0.1) is 19.8 Å². The van der Waals surface area contributed by atoms with E-state index < -0.39 is 0 Å². The highest BCUT2D eigenvalue weighted by Crippen LogP contribution is 2.18. The second-order valence-corrected chi connectivity index (χ2v) is 4.24. The van der Waals surface area contributed by atoms with Crippen LogP contribution in [0, 0.1) is 0 Å². The Morgan fingerprint density at radius 2 is 2.00 bits per heavy atom. The summed E-state index contributed by atoms with van der Waals surface area (Å²) < 4.78 is 5.20. The van der Waals surface area contributed by atoms with E-state index in [1.165, 1.54) is 5.56 Å². The van der Waals surface area contributed by atoms with Crippen LogP contribution in [-0.4, -0.2) is 31.5 Å². The first-order valence-electron chi connectivity index (χ1n) is 5.95. The Balaban J connectivity index is 2.35. The molecule has 4 heteroatoms. The van der Waals surface area contributed by atoms with Crippen molar-refractivity contribution in [1.82, 2.24) is 5.32 Å². The molecule has 0 bridgehead atoms. The molecular formula is C13H20ClNO2. The third-order valence-electron chi connectivity index (χ3n) is 2.55. The Morgan fingerprint density at radius 3 is 2.59 bits per heavy atom. The first kappa shape index (κ1) is 14.5. The van der Waals surface area contributed by atoms with E-state index in [-0.39, 0.29) is 6.61 Å². The lowest BCUT2D eigenvalue weighted by molar-refractivity contribution is 0.0925. The van der Waals surface area contributed by atoms with Crippen molar-refractivity contribution >= 4 is 11.6 Å². The van der Waals surface area contributed by atoms with Crippen LogP contribution >= 0.6 is 11.6 Å². The smallest absolute Gasteiger partial charge is 0.0698 e. The molecule has 1 atom stereocenters. The monoisotopic (exact) mass is 257 g/mol. The van der Waals surface area contributed by atoms with E-state index in [2.05, 4.69) is 12.2 Å². The number of hydrogen-bond acceptors (Lipinski definition) is 3. The first-order valence-corrected chi connectivity index (χ1v) is 6.33. The van der Waals surface area contributed by atoms with Crippen molar-refractivity contribution in [3.05, 3.63) is 34.9 Å². The van der Waals surface area contributed by atoms with Crippen LogP contribution in [0.5, 0.6) is 0 Å². The molecule has 0 saturated carbocycles. The zero-order chi connectivity index (χ0) is 12.5. The highest BCUT2D eigenvalue weighted by Gasteiger charge is 2.07. The second-order valence-electron chi connectivity index (χ2n) is 3.80. The van der Waals surface area contributed by atoms with E-state index in [1.807, 2.05) is 24.3 Å². The average molecular weight is 258 g/mol. The largest absolute Gasteiger partial charge is 0.394 e. The summed E-state index contributed by atoms with van der Waals surface area (Å²) in [5.74, 6) is 0. The predicted molar refractivity (Wildman–Crippen MR) is 70.4 cm³/mol. The van der Waals surface area contributed by atoms with Crippen molar-refractivity contribution in [2.24, 2.45) is 0 Å². The van der Waals surface area contributed by atoms with Gasteiger partial charge in [0.25, 0.3) is 0 Å². The number of hydrogen-bond donors (Lipinski definition) is 2. The third kappa shape index (κ3) is 5.50. The molecule has 1 rings (SSSR count). The summed E-state index contributed by atoms with van der Waals surface area (Å²) in [7, 11) is 0. The number of rotatable bonds is 8. The minimum atomic E-state index is 0.0778. The molecule has 2 N–H and O–H groups in total. The standard InChI is InChI=1S/C13H20ClNO2/c1-2-13(15-7-9-17-10-8-16)11-3-5-12(14)6-4-11/h3-6,13,15-16H,2,7-10H2,1H3. The highest BCUT2D eigenvalue weighted by atomic mass is 35.5. The summed E-state index contributed by atoms with van der Waals surface area (Å²) in [4.78, 5) is 0. The fourth-order valence-electron chi connectivity index (χ4n) is 1.66. The second kappa shape index (κ2) is 8.48. The minimum absolute atomic E-state index is 0.0778. The Bertz CT molecular complexity index is 303. The van der Waals surface area contributed by atoms with E-state index in [4.69, 9.17) is 21.4 Å². The molecule has 0 spiro atoms. The van der Waals surface area contributed by atoms with E-state index >= 15 is 0 Å². The summed E-state index contributed by atoms with van der Waals surface area (Å²) in [5, 5.41) is 12.7. The summed E-state index contributed by atoms with van der Waals surface area (Å²) in [6.07, 6.45) is 1.02. The molecule has 0 aromatic heterocycles.